The fourth-order valence-electron chi connectivity index (χ4n) is 1.62. The Balaban J connectivity index is 2.22. The summed E-state index contributed by atoms with van der Waals surface area (Å²) in [5.74, 6) is 0.144. The minimum Gasteiger partial charge on any atom is -0.207 e. The first kappa shape index (κ1) is 10.2. The molecule has 0 saturated carbocycles. The normalized spacial score (nSPS) is 10.9. The van der Waals surface area contributed by atoms with Crippen molar-refractivity contribution in [2.75, 3.05) is 0 Å². The van der Waals surface area contributed by atoms with E-state index in [1.807, 2.05) is 0 Å². The number of hydrogen-bond acceptors (Lipinski definition) is 2. The highest BCUT2D eigenvalue weighted by Crippen LogP contribution is 2.19. The third kappa shape index (κ3) is 1.76. The van der Waals surface area contributed by atoms with Crippen molar-refractivity contribution in [3.63, 3.8) is 0 Å². The first-order valence-electron chi connectivity index (χ1n) is 5.01. The lowest BCUT2D eigenvalue weighted by atomic mass is 10.2. The quantitative estimate of drug-likeness (QED) is 0.618. The highest BCUT2D eigenvalue weighted by Gasteiger charge is 2.08. The zero-order chi connectivity index (χ0) is 11.8. The maximum Gasteiger partial charge on any atom is 0.182 e. The van der Waals surface area contributed by atoms with Crippen molar-refractivity contribution in [3.05, 3.63) is 53.4 Å². The second-order valence-electron chi connectivity index (χ2n) is 3.56. The zero-order valence-corrected chi connectivity index (χ0v) is 9.39. The Kier molecular flexibility index (Phi) is 2.30. The summed E-state index contributed by atoms with van der Waals surface area (Å²) in [7, 11) is 0. The molecule has 0 N–H and O–H groups in total. The molecule has 3 aromatic rings. The molecule has 5 heteroatoms. The number of aromatic nitrogens is 3. The van der Waals surface area contributed by atoms with Crippen molar-refractivity contribution in [1.29, 1.82) is 0 Å². The first-order valence-corrected chi connectivity index (χ1v) is 5.39. The Hall–Kier alpha value is -1.94. The van der Waals surface area contributed by atoms with Gasteiger partial charge in [0.1, 0.15) is 11.0 Å². The average molecular weight is 248 g/mol. The molecule has 84 valence electrons. The summed E-state index contributed by atoms with van der Waals surface area (Å²) in [6, 6.07) is 11.5. The molecule has 0 fully saturated rings. The molecule has 0 aliphatic heterocycles. The van der Waals surface area contributed by atoms with Crippen molar-refractivity contribution in [2.24, 2.45) is 0 Å². The Labute approximate surface area is 101 Å². The predicted octanol–water partition coefficient (Wildman–Crippen LogP) is 3.19. The van der Waals surface area contributed by atoms with Crippen LogP contribution in [0.5, 0.6) is 0 Å². The maximum atomic E-state index is 13.1. The molecule has 17 heavy (non-hydrogen) atoms. The van der Waals surface area contributed by atoms with Crippen molar-refractivity contribution in [2.45, 2.75) is 0 Å². The molecule has 2 heterocycles. The van der Waals surface area contributed by atoms with Crippen LogP contribution in [-0.4, -0.2) is 14.6 Å². The van der Waals surface area contributed by atoms with Gasteiger partial charge in [-0.05, 0) is 24.3 Å². The Bertz CT molecular complexity index is 693. The van der Waals surface area contributed by atoms with Gasteiger partial charge in [-0.3, -0.25) is 0 Å². The predicted molar refractivity (Wildman–Crippen MR) is 63.4 cm³/mol. The topological polar surface area (TPSA) is 30.2 Å². The van der Waals surface area contributed by atoms with E-state index in [0.29, 0.717) is 22.2 Å². The lowest BCUT2D eigenvalue weighted by Gasteiger charge is -1.94. The van der Waals surface area contributed by atoms with Gasteiger partial charge in [0, 0.05) is 5.56 Å². The number of fused-ring (bicyclic) bond motifs is 1. The number of rotatable bonds is 1. The Morgan fingerprint density at radius 1 is 1.12 bits per heavy atom. The SMILES string of the molecule is Fc1cccc(-c2nc3cccc(Cl)n3n2)c1. The van der Waals surface area contributed by atoms with Gasteiger partial charge in [0.15, 0.2) is 11.5 Å². The molecule has 0 amide bonds. The number of nitrogens with zero attached hydrogens (tertiary/aromatic N) is 3. The van der Waals surface area contributed by atoms with Gasteiger partial charge >= 0.3 is 0 Å². The van der Waals surface area contributed by atoms with Gasteiger partial charge in [0.05, 0.1) is 0 Å². The van der Waals surface area contributed by atoms with Crippen molar-refractivity contribution in [3.8, 4) is 11.4 Å². The minimum absolute atomic E-state index is 0.313. The summed E-state index contributed by atoms with van der Waals surface area (Å²) in [5.41, 5.74) is 1.27. The molecule has 0 aliphatic carbocycles. The largest absolute Gasteiger partial charge is 0.207 e. The van der Waals surface area contributed by atoms with Gasteiger partial charge < -0.3 is 0 Å². The van der Waals surface area contributed by atoms with Gasteiger partial charge in [-0.25, -0.2) is 13.9 Å². The van der Waals surface area contributed by atoms with Gasteiger partial charge in [-0.2, -0.15) is 0 Å². The van der Waals surface area contributed by atoms with Crippen LogP contribution < -0.4 is 0 Å². The lowest BCUT2D eigenvalue weighted by Crippen LogP contribution is -1.88. The third-order valence-corrected chi connectivity index (χ3v) is 2.68. The van der Waals surface area contributed by atoms with Crippen LogP contribution in [0.3, 0.4) is 0 Å². The lowest BCUT2D eigenvalue weighted by molar-refractivity contribution is 0.628. The van der Waals surface area contributed by atoms with E-state index in [1.165, 1.54) is 16.6 Å². The monoisotopic (exact) mass is 247 g/mol. The van der Waals surface area contributed by atoms with Gasteiger partial charge in [0.25, 0.3) is 0 Å². The van der Waals surface area contributed by atoms with Crippen LogP contribution in [0.4, 0.5) is 4.39 Å². The van der Waals surface area contributed by atoms with Crippen LogP contribution in [0.25, 0.3) is 17.0 Å². The van der Waals surface area contributed by atoms with Crippen LogP contribution in [0, 0.1) is 5.82 Å². The summed E-state index contributed by atoms with van der Waals surface area (Å²) in [6.45, 7) is 0. The molecule has 0 saturated heterocycles. The zero-order valence-electron chi connectivity index (χ0n) is 8.64. The standard InChI is InChI=1S/C12H7ClFN3/c13-10-5-2-6-11-15-12(16-17(10)11)8-3-1-4-9(14)7-8/h1-7H. The van der Waals surface area contributed by atoms with Crippen LogP contribution in [0.2, 0.25) is 5.15 Å². The molecule has 1 aromatic carbocycles. The van der Waals surface area contributed by atoms with Crippen molar-refractivity contribution >= 4 is 17.2 Å². The number of hydrogen-bond donors (Lipinski definition) is 0. The van der Waals surface area contributed by atoms with Crippen LogP contribution in [0.15, 0.2) is 42.5 Å². The van der Waals surface area contributed by atoms with Crippen molar-refractivity contribution < 1.29 is 4.39 Å². The molecule has 3 rings (SSSR count). The summed E-state index contributed by atoms with van der Waals surface area (Å²) in [5, 5.41) is 4.70. The van der Waals surface area contributed by atoms with E-state index in [4.69, 9.17) is 11.6 Å². The van der Waals surface area contributed by atoms with E-state index >= 15 is 0 Å². The number of benzene rings is 1. The van der Waals surface area contributed by atoms with E-state index in [0.717, 1.165) is 0 Å². The van der Waals surface area contributed by atoms with Gasteiger partial charge in [-0.1, -0.05) is 29.8 Å². The summed E-state index contributed by atoms with van der Waals surface area (Å²) < 4.78 is 14.6. The Morgan fingerprint density at radius 2 is 1.94 bits per heavy atom. The highest BCUT2D eigenvalue weighted by molar-refractivity contribution is 6.29. The summed E-state index contributed by atoms with van der Waals surface area (Å²) >= 11 is 5.98. The van der Waals surface area contributed by atoms with E-state index in [-0.39, 0.29) is 5.82 Å². The smallest absolute Gasteiger partial charge is 0.182 e. The second kappa shape index (κ2) is 3.82. The fraction of sp³-hybridized carbons (Fsp3) is 0. The van der Waals surface area contributed by atoms with Crippen molar-refractivity contribution in [1.82, 2.24) is 14.6 Å². The number of pyridine rings is 1. The molecule has 0 spiro atoms. The molecule has 0 unspecified atom stereocenters. The van der Waals surface area contributed by atoms with Crippen LogP contribution in [0.1, 0.15) is 0 Å². The number of halogens is 2. The molecule has 0 bridgehead atoms. The molecule has 0 atom stereocenters. The van der Waals surface area contributed by atoms with E-state index in [2.05, 4.69) is 10.1 Å². The molecular weight excluding hydrogens is 241 g/mol. The van der Waals surface area contributed by atoms with Gasteiger partial charge in [-0.15, -0.1) is 5.10 Å². The summed E-state index contributed by atoms with van der Waals surface area (Å²) in [6.07, 6.45) is 0. The van der Waals surface area contributed by atoms with Crippen LogP contribution >= 0.6 is 11.6 Å². The van der Waals surface area contributed by atoms with Crippen LogP contribution in [-0.2, 0) is 0 Å². The van der Waals surface area contributed by atoms with E-state index < -0.39 is 0 Å². The molecular formula is C12H7ClFN3. The first-order chi connectivity index (χ1) is 8.24. The molecule has 3 nitrogen and oxygen atoms in total. The average Bonchev–Trinajstić information content (AvgIpc) is 2.74. The molecule has 2 aromatic heterocycles. The van der Waals surface area contributed by atoms with Gasteiger partial charge in [0.2, 0.25) is 0 Å². The summed E-state index contributed by atoms with van der Waals surface area (Å²) in [4.78, 5) is 4.29. The van der Waals surface area contributed by atoms with E-state index in [9.17, 15) is 4.39 Å². The Morgan fingerprint density at radius 3 is 2.71 bits per heavy atom. The molecule has 0 aliphatic rings. The highest BCUT2D eigenvalue weighted by atomic mass is 35.5. The fourth-order valence-corrected chi connectivity index (χ4v) is 1.82. The maximum absolute atomic E-state index is 13.1. The molecule has 0 radical (unpaired) electrons. The van der Waals surface area contributed by atoms with E-state index in [1.54, 1.807) is 30.3 Å². The second-order valence-corrected chi connectivity index (χ2v) is 3.95. The minimum atomic E-state index is -0.313. The third-order valence-electron chi connectivity index (χ3n) is 2.40.